The third-order valence-electron chi connectivity index (χ3n) is 5.51. The molecule has 150 valence electrons. The molecule has 5 nitrogen and oxygen atoms in total. The maximum absolute atomic E-state index is 13.0. The van der Waals surface area contributed by atoms with Gasteiger partial charge in [-0.2, -0.15) is 0 Å². The number of piperidine rings is 1. The summed E-state index contributed by atoms with van der Waals surface area (Å²) in [6, 6.07) is 11.8. The van der Waals surface area contributed by atoms with Gasteiger partial charge in [-0.3, -0.25) is 9.59 Å². The highest BCUT2D eigenvalue weighted by molar-refractivity contribution is 6.30. The van der Waals surface area contributed by atoms with Crippen LogP contribution < -0.4 is 0 Å². The van der Waals surface area contributed by atoms with Gasteiger partial charge < -0.3 is 14.2 Å². The number of ether oxygens (including phenoxy) is 1. The fourth-order valence-electron chi connectivity index (χ4n) is 3.81. The zero-order valence-corrected chi connectivity index (χ0v) is 17.0. The van der Waals surface area contributed by atoms with Crippen molar-refractivity contribution < 1.29 is 14.3 Å². The molecule has 1 aromatic carbocycles. The second-order valence-electron chi connectivity index (χ2n) is 7.44. The minimum absolute atomic E-state index is 0.0879. The van der Waals surface area contributed by atoms with Crippen LogP contribution in [0.3, 0.4) is 0 Å². The fraction of sp³-hybridized carbons (Fsp3) is 0.455. The van der Waals surface area contributed by atoms with Crippen LogP contribution in [-0.2, 0) is 20.9 Å². The standard InChI is InChI=1S/C22H27ClN2O3/c1-28-22(27)14-17-8-12-25(13-9-17)21(26)15-19(16-24-10-2-3-11-24)18-4-6-20(23)7-5-18/h2-7,10-11,17,19H,8-9,12-16H2,1H3. The maximum atomic E-state index is 13.0. The summed E-state index contributed by atoms with van der Waals surface area (Å²) in [7, 11) is 1.42. The Kier molecular flexibility index (Phi) is 7.15. The zero-order valence-electron chi connectivity index (χ0n) is 16.2. The Morgan fingerprint density at radius 1 is 1.14 bits per heavy atom. The third-order valence-corrected chi connectivity index (χ3v) is 5.76. The molecule has 2 heterocycles. The van der Waals surface area contributed by atoms with Crippen molar-refractivity contribution in [3.05, 3.63) is 59.4 Å². The van der Waals surface area contributed by atoms with Gasteiger partial charge in [-0.15, -0.1) is 0 Å². The van der Waals surface area contributed by atoms with E-state index in [0.29, 0.717) is 36.9 Å². The van der Waals surface area contributed by atoms with Gasteiger partial charge >= 0.3 is 5.97 Å². The van der Waals surface area contributed by atoms with Crippen molar-refractivity contribution in [2.24, 2.45) is 5.92 Å². The van der Waals surface area contributed by atoms with Gasteiger partial charge in [0.2, 0.25) is 5.91 Å². The first-order valence-corrected chi connectivity index (χ1v) is 10.1. The van der Waals surface area contributed by atoms with Gasteiger partial charge in [-0.1, -0.05) is 23.7 Å². The quantitative estimate of drug-likeness (QED) is 0.654. The average Bonchev–Trinajstić information content (AvgIpc) is 3.21. The molecule has 1 aliphatic rings. The summed E-state index contributed by atoms with van der Waals surface area (Å²) in [5, 5.41) is 0.697. The Balaban J connectivity index is 1.61. The van der Waals surface area contributed by atoms with Crippen molar-refractivity contribution in [2.75, 3.05) is 20.2 Å². The van der Waals surface area contributed by atoms with Crippen molar-refractivity contribution in [1.82, 2.24) is 9.47 Å². The van der Waals surface area contributed by atoms with Gasteiger partial charge in [0.15, 0.2) is 0 Å². The average molecular weight is 403 g/mol. The number of rotatable bonds is 7. The second-order valence-corrected chi connectivity index (χ2v) is 7.87. The Labute approximate surface area is 171 Å². The molecule has 3 rings (SSSR count). The Bertz CT molecular complexity index is 766. The lowest BCUT2D eigenvalue weighted by atomic mass is 9.91. The van der Waals surface area contributed by atoms with E-state index in [4.69, 9.17) is 16.3 Å². The van der Waals surface area contributed by atoms with Crippen LogP contribution in [0.15, 0.2) is 48.8 Å². The van der Waals surface area contributed by atoms with Crippen LogP contribution in [0.25, 0.3) is 0 Å². The summed E-state index contributed by atoms with van der Waals surface area (Å²) in [6.45, 7) is 2.16. The fourth-order valence-corrected chi connectivity index (χ4v) is 3.94. The molecule has 1 unspecified atom stereocenters. The summed E-state index contributed by atoms with van der Waals surface area (Å²) in [4.78, 5) is 26.4. The van der Waals surface area contributed by atoms with Gasteiger partial charge in [-0.25, -0.2) is 0 Å². The molecule has 1 aromatic heterocycles. The van der Waals surface area contributed by atoms with Gasteiger partial charge in [0.25, 0.3) is 0 Å². The molecule has 1 aliphatic heterocycles. The monoisotopic (exact) mass is 402 g/mol. The highest BCUT2D eigenvalue weighted by Gasteiger charge is 2.26. The van der Waals surface area contributed by atoms with Crippen molar-refractivity contribution in [3.8, 4) is 0 Å². The molecule has 1 atom stereocenters. The van der Waals surface area contributed by atoms with Crippen LogP contribution in [0.2, 0.25) is 5.02 Å². The molecular weight excluding hydrogens is 376 g/mol. The zero-order chi connectivity index (χ0) is 19.9. The van der Waals surface area contributed by atoms with E-state index in [-0.39, 0.29) is 17.8 Å². The molecule has 0 saturated carbocycles. The van der Waals surface area contributed by atoms with Crippen molar-refractivity contribution in [1.29, 1.82) is 0 Å². The smallest absolute Gasteiger partial charge is 0.305 e. The lowest BCUT2D eigenvalue weighted by Crippen LogP contribution is -2.39. The lowest BCUT2D eigenvalue weighted by molar-refractivity contribution is -0.142. The SMILES string of the molecule is COC(=O)CC1CCN(C(=O)CC(Cn2cccc2)c2ccc(Cl)cc2)CC1. The Hall–Kier alpha value is -2.27. The second kappa shape index (κ2) is 9.78. The minimum atomic E-state index is -0.167. The summed E-state index contributed by atoms with van der Waals surface area (Å²) in [6.07, 6.45) is 6.65. The molecule has 1 amide bonds. The first kappa shape index (κ1) is 20.5. The normalized spacial score (nSPS) is 16.0. The van der Waals surface area contributed by atoms with Gasteiger partial charge in [0.05, 0.1) is 7.11 Å². The van der Waals surface area contributed by atoms with Gasteiger partial charge in [0, 0.05) is 55.8 Å². The van der Waals surface area contributed by atoms with E-state index in [0.717, 1.165) is 24.9 Å². The molecule has 0 radical (unpaired) electrons. The number of carbonyl (C=O) groups is 2. The number of nitrogens with zero attached hydrogens (tertiary/aromatic N) is 2. The number of methoxy groups -OCH3 is 1. The summed E-state index contributed by atoms with van der Waals surface area (Å²) < 4.78 is 6.86. The molecule has 0 bridgehead atoms. The van der Waals surface area contributed by atoms with Crippen LogP contribution in [0.1, 0.15) is 37.2 Å². The first-order chi connectivity index (χ1) is 13.5. The number of likely N-dealkylation sites (tertiary alicyclic amines) is 1. The number of amides is 1. The highest BCUT2D eigenvalue weighted by Crippen LogP contribution is 2.27. The molecule has 6 heteroatoms. The summed E-state index contributed by atoms with van der Waals surface area (Å²) >= 11 is 6.03. The van der Waals surface area contributed by atoms with Crippen molar-refractivity contribution >= 4 is 23.5 Å². The van der Waals surface area contributed by atoms with Crippen LogP contribution in [0.4, 0.5) is 0 Å². The van der Waals surface area contributed by atoms with Crippen LogP contribution >= 0.6 is 11.6 Å². The molecule has 1 saturated heterocycles. The third kappa shape index (κ3) is 5.61. The Morgan fingerprint density at radius 3 is 2.39 bits per heavy atom. The molecule has 1 fully saturated rings. The maximum Gasteiger partial charge on any atom is 0.305 e. The van der Waals surface area contributed by atoms with Crippen LogP contribution in [-0.4, -0.2) is 41.5 Å². The number of carbonyl (C=O) groups excluding carboxylic acids is 2. The van der Waals surface area contributed by atoms with E-state index in [1.165, 1.54) is 7.11 Å². The first-order valence-electron chi connectivity index (χ1n) is 9.76. The van der Waals surface area contributed by atoms with Crippen molar-refractivity contribution in [2.45, 2.75) is 38.1 Å². The van der Waals surface area contributed by atoms with Gasteiger partial charge in [-0.05, 0) is 48.6 Å². The predicted octanol–water partition coefficient (Wildman–Crippen LogP) is 4.12. The largest absolute Gasteiger partial charge is 0.469 e. The lowest BCUT2D eigenvalue weighted by Gasteiger charge is -2.32. The molecular formula is C22H27ClN2O3. The summed E-state index contributed by atoms with van der Waals surface area (Å²) in [5.41, 5.74) is 1.12. The molecule has 2 aromatic rings. The highest BCUT2D eigenvalue weighted by atomic mass is 35.5. The van der Waals surface area contributed by atoms with Gasteiger partial charge in [0.1, 0.15) is 0 Å². The van der Waals surface area contributed by atoms with E-state index in [2.05, 4.69) is 4.57 Å². The van der Waals surface area contributed by atoms with E-state index < -0.39 is 0 Å². The van der Waals surface area contributed by atoms with E-state index >= 15 is 0 Å². The topological polar surface area (TPSA) is 51.5 Å². The van der Waals surface area contributed by atoms with Crippen LogP contribution in [0, 0.1) is 5.92 Å². The number of benzene rings is 1. The number of esters is 1. The number of aromatic nitrogens is 1. The molecule has 0 N–H and O–H groups in total. The predicted molar refractivity (Wildman–Crippen MR) is 109 cm³/mol. The van der Waals surface area contributed by atoms with E-state index in [9.17, 15) is 9.59 Å². The Morgan fingerprint density at radius 2 is 1.79 bits per heavy atom. The molecule has 0 spiro atoms. The van der Waals surface area contributed by atoms with E-state index in [1.54, 1.807) is 0 Å². The number of hydrogen-bond acceptors (Lipinski definition) is 3. The summed E-state index contributed by atoms with van der Waals surface area (Å²) in [5.74, 6) is 0.399. The van der Waals surface area contributed by atoms with Crippen LogP contribution in [0.5, 0.6) is 0 Å². The molecule has 0 aliphatic carbocycles. The number of hydrogen-bond donors (Lipinski definition) is 0. The minimum Gasteiger partial charge on any atom is -0.469 e. The van der Waals surface area contributed by atoms with E-state index in [1.807, 2.05) is 53.7 Å². The molecule has 28 heavy (non-hydrogen) atoms. The van der Waals surface area contributed by atoms with Crippen molar-refractivity contribution in [3.63, 3.8) is 0 Å². The number of halogens is 1.